The summed E-state index contributed by atoms with van der Waals surface area (Å²) in [5, 5.41) is 2.28. The number of hydrogen-bond donors (Lipinski definition) is 4. The van der Waals surface area contributed by atoms with Gasteiger partial charge in [-0.1, -0.05) is 18.7 Å². The molecule has 154 valence electrons. The third-order valence-electron chi connectivity index (χ3n) is 4.23. The molecule has 10 heteroatoms. The Morgan fingerprint density at radius 1 is 1.00 bits per heavy atom. The average Bonchev–Trinajstić information content (AvgIpc) is 2.72. The minimum atomic E-state index is -1.22. The predicted octanol–water partition coefficient (Wildman–Crippen LogP) is 3.82. The van der Waals surface area contributed by atoms with Crippen molar-refractivity contribution in [2.45, 2.75) is 0 Å². The number of halogens is 4. The molecule has 1 amide bonds. The first kappa shape index (κ1) is 20.8. The Labute approximate surface area is 168 Å². The number of benzene rings is 2. The number of rotatable bonds is 5. The zero-order valence-electron chi connectivity index (χ0n) is 15.3. The summed E-state index contributed by atoms with van der Waals surface area (Å²) < 4.78 is 55.7. The van der Waals surface area contributed by atoms with Crippen molar-refractivity contribution in [1.29, 1.82) is 0 Å². The summed E-state index contributed by atoms with van der Waals surface area (Å²) in [4.78, 5) is 16.3. The highest BCUT2D eigenvalue weighted by Gasteiger charge is 2.21. The predicted molar refractivity (Wildman–Crippen MR) is 105 cm³/mol. The molecule has 1 aromatic heterocycles. The van der Waals surface area contributed by atoms with Gasteiger partial charge < -0.3 is 16.5 Å². The highest BCUT2D eigenvalue weighted by Crippen LogP contribution is 2.31. The summed E-state index contributed by atoms with van der Waals surface area (Å²) in [6.07, 6.45) is 1.15. The first-order valence-electron chi connectivity index (χ1n) is 8.39. The molecule has 3 rings (SSSR count). The van der Waals surface area contributed by atoms with Crippen molar-refractivity contribution in [3.8, 4) is 0 Å². The fourth-order valence-electron chi connectivity index (χ4n) is 2.73. The first-order chi connectivity index (χ1) is 14.2. The van der Waals surface area contributed by atoms with Gasteiger partial charge in [-0.05, 0) is 29.8 Å². The smallest absolute Gasteiger partial charge is 0.261 e. The van der Waals surface area contributed by atoms with Gasteiger partial charge in [0, 0.05) is 11.1 Å². The van der Waals surface area contributed by atoms with E-state index in [0.717, 1.165) is 24.4 Å². The van der Waals surface area contributed by atoms with E-state index in [1.54, 1.807) is 0 Å². The standard InChI is InChI=1S/C20H15F4N5O/c1-9(11-3-2-4-14(22)17(11)23)12-7-10(8-27-19(12)29-26)28-20(30)16-13(21)5-6-15(25)18(16)24/h2-8H,1,25-26H2,(H,27,29)(H,28,30). The van der Waals surface area contributed by atoms with Crippen LogP contribution >= 0.6 is 0 Å². The summed E-state index contributed by atoms with van der Waals surface area (Å²) in [5.41, 5.74) is 6.33. The van der Waals surface area contributed by atoms with Crippen LogP contribution in [0.2, 0.25) is 0 Å². The van der Waals surface area contributed by atoms with Crippen LogP contribution < -0.4 is 22.3 Å². The van der Waals surface area contributed by atoms with Crippen LogP contribution in [-0.2, 0) is 0 Å². The lowest BCUT2D eigenvalue weighted by molar-refractivity contribution is 0.101. The second-order valence-corrected chi connectivity index (χ2v) is 6.12. The van der Waals surface area contributed by atoms with Crippen LogP contribution in [0.3, 0.4) is 0 Å². The maximum atomic E-state index is 14.2. The molecule has 0 radical (unpaired) electrons. The van der Waals surface area contributed by atoms with E-state index in [2.05, 4.69) is 22.3 Å². The molecule has 2 aromatic carbocycles. The van der Waals surface area contributed by atoms with Gasteiger partial charge in [-0.3, -0.25) is 4.79 Å². The Bertz CT molecular complexity index is 1170. The molecule has 0 bridgehead atoms. The van der Waals surface area contributed by atoms with Gasteiger partial charge in [0.15, 0.2) is 17.5 Å². The molecule has 3 aromatic rings. The van der Waals surface area contributed by atoms with Crippen molar-refractivity contribution < 1.29 is 22.4 Å². The number of aromatic nitrogens is 1. The normalized spacial score (nSPS) is 10.6. The van der Waals surface area contributed by atoms with E-state index in [4.69, 9.17) is 11.6 Å². The van der Waals surface area contributed by atoms with Crippen LogP contribution in [0.15, 0.2) is 49.2 Å². The number of pyridine rings is 1. The molecule has 0 aliphatic heterocycles. The Hall–Kier alpha value is -3.92. The van der Waals surface area contributed by atoms with Crippen molar-refractivity contribution in [3.63, 3.8) is 0 Å². The van der Waals surface area contributed by atoms with E-state index in [1.165, 1.54) is 18.2 Å². The fraction of sp³-hybridized carbons (Fsp3) is 0. The second-order valence-electron chi connectivity index (χ2n) is 6.12. The summed E-state index contributed by atoms with van der Waals surface area (Å²) in [6, 6.07) is 6.66. The Morgan fingerprint density at radius 3 is 2.43 bits per heavy atom. The maximum Gasteiger partial charge on any atom is 0.261 e. The van der Waals surface area contributed by atoms with E-state index in [1.807, 2.05) is 0 Å². The first-order valence-corrected chi connectivity index (χ1v) is 8.39. The zero-order chi connectivity index (χ0) is 22.0. The molecule has 6 N–H and O–H groups in total. The molecule has 0 aliphatic carbocycles. The van der Waals surface area contributed by atoms with E-state index in [0.29, 0.717) is 0 Å². The third-order valence-corrected chi connectivity index (χ3v) is 4.23. The fourth-order valence-corrected chi connectivity index (χ4v) is 2.73. The molecule has 0 saturated carbocycles. The van der Waals surface area contributed by atoms with E-state index >= 15 is 0 Å². The number of carbonyl (C=O) groups excluding carboxylic acids is 1. The lowest BCUT2D eigenvalue weighted by Crippen LogP contribution is -2.18. The van der Waals surface area contributed by atoms with Gasteiger partial charge in [0.25, 0.3) is 5.91 Å². The molecular weight excluding hydrogens is 402 g/mol. The van der Waals surface area contributed by atoms with Gasteiger partial charge >= 0.3 is 0 Å². The zero-order valence-corrected chi connectivity index (χ0v) is 15.3. The van der Waals surface area contributed by atoms with E-state index < -0.39 is 40.4 Å². The Kier molecular flexibility index (Phi) is 5.70. The molecule has 1 heterocycles. The SMILES string of the molecule is C=C(c1cc(NC(=O)c2c(F)ccc(N)c2F)cnc1NN)c1cccc(F)c1F. The Balaban J connectivity index is 1.99. The van der Waals surface area contributed by atoms with E-state index in [-0.39, 0.29) is 28.2 Å². The van der Waals surface area contributed by atoms with Crippen LogP contribution in [0.4, 0.5) is 34.8 Å². The number of amides is 1. The van der Waals surface area contributed by atoms with Crippen LogP contribution in [0, 0.1) is 23.3 Å². The minimum Gasteiger partial charge on any atom is -0.396 e. The number of hydrazine groups is 1. The number of hydrogen-bond acceptors (Lipinski definition) is 5. The number of nitrogens with two attached hydrogens (primary N) is 2. The monoisotopic (exact) mass is 417 g/mol. The highest BCUT2D eigenvalue weighted by atomic mass is 19.2. The van der Waals surface area contributed by atoms with E-state index in [9.17, 15) is 22.4 Å². The summed E-state index contributed by atoms with van der Waals surface area (Å²) in [6.45, 7) is 3.73. The number of carbonyl (C=O) groups is 1. The third kappa shape index (κ3) is 3.80. The van der Waals surface area contributed by atoms with Gasteiger partial charge in [0.05, 0.1) is 17.6 Å². The van der Waals surface area contributed by atoms with Crippen molar-refractivity contribution in [2.75, 3.05) is 16.5 Å². The summed E-state index contributed by atoms with van der Waals surface area (Å²) in [5.74, 6) is -0.214. The number of anilines is 3. The van der Waals surface area contributed by atoms with Crippen LogP contribution in [-0.4, -0.2) is 10.9 Å². The average molecular weight is 417 g/mol. The van der Waals surface area contributed by atoms with Crippen molar-refractivity contribution in [3.05, 3.63) is 89.1 Å². The second kappa shape index (κ2) is 8.21. The topological polar surface area (TPSA) is 106 Å². The molecule has 0 fully saturated rings. The number of nitrogens with one attached hydrogen (secondary N) is 2. The molecular formula is C20H15F4N5O. The molecule has 0 saturated heterocycles. The van der Waals surface area contributed by atoms with Gasteiger partial charge in [-0.25, -0.2) is 28.4 Å². The van der Waals surface area contributed by atoms with Crippen LogP contribution in [0.5, 0.6) is 0 Å². The van der Waals surface area contributed by atoms with Crippen molar-refractivity contribution in [1.82, 2.24) is 4.98 Å². The molecule has 0 unspecified atom stereocenters. The summed E-state index contributed by atoms with van der Waals surface area (Å²) in [7, 11) is 0. The maximum absolute atomic E-state index is 14.2. The van der Waals surface area contributed by atoms with Gasteiger partial charge in [-0.15, -0.1) is 0 Å². The lowest BCUT2D eigenvalue weighted by atomic mass is 9.99. The van der Waals surface area contributed by atoms with Crippen LogP contribution in [0.1, 0.15) is 21.5 Å². The molecule has 0 aliphatic rings. The van der Waals surface area contributed by atoms with Gasteiger partial charge in [0.2, 0.25) is 0 Å². The Morgan fingerprint density at radius 2 is 1.73 bits per heavy atom. The molecule has 0 atom stereocenters. The largest absolute Gasteiger partial charge is 0.396 e. The van der Waals surface area contributed by atoms with Crippen LogP contribution in [0.25, 0.3) is 5.57 Å². The van der Waals surface area contributed by atoms with Crippen molar-refractivity contribution >= 4 is 28.7 Å². The lowest BCUT2D eigenvalue weighted by Gasteiger charge is -2.14. The van der Waals surface area contributed by atoms with Crippen molar-refractivity contribution in [2.24, 2.45) is 5.84 Å². The highest BCUT2D eigenvalue weighted by molar-refractivity contribution is 6.05. The molecule has 0 spiro atoms. The quantitative estimate of drug-likeness (QED) is 0.219. The number of nitrogens with zero attached hydrogens (tertiary/aromatic N) is 1. The molecule has 30 heavy (non-hydrogen) atoms. The van der Waals surface area contributed by atoms with Gasteiger partial charge in [0.1, 0.15) is 17.2 Å². The number of nitrogen functional groups attached to an aromatic ring is 2. The van der Waals surface area contributed by atoms with Gasteiger partial charge in [-0.2, -0.15) is 0 Å². The summed E-state index contributed by atoms with van der Waals surface area (Å²) >= 11 is 0. The molecule has 6 nitrogen and oxygen atoms in total. The minimum absolute atomic E-state index is 0.00451.